The number of nitrogens with zero attached hydrogens (tertiary/aromatic N) is 2. The van der Waals surface area contributed by atoms with Crippen molar-refractivity contribution in [2.45, 2.75) is 0 Å². The zero-order valence-corrected chi connectivity index (χ0v) is 13.5. The average Bonchev–Trinajstić information content (AvgIpc) is 3.14. The molecule has 0 unspecified atom stereocenters. The standard InChI is InChI=1S/C18H11BrN2O2/c19-13-7-4-8-14-16(13)12(10-20-14)9-15-18(22)23-17(21-15)11-5-2-1-3-6-11/h1-10,22H. The highest BCUT2D eigenvalue weighted by molar-refractivity contribution is 9.10. The molecule has 0 fully saturated rings. The third kappa shape index (κ3) is 2.49. The first-order valence-corrected chi connectivity index (χ1v) is 7.81. The molecule has 4 nitrogen and oxygen atoms in total. The summed E-state index contributed by atoms with van der Waals surface area (Å²) in [5.41, 5.74) is 3.94. The Morgan fingerprint density at radius 1 is 1.04 bits per heavy atom. The maximum Gasteiger partial charge on any atom is 0.310 e. The highest BCUT2D eigenvalue weighted by atomic mass is 79.9. The summed E-state index contributed by atoms with van der Waals surface area (Å²) in [7, 11) is 0. The van der Waals surface area contributed by atoms with Crippen molar-refractivity contribution in [3.05, 3.63) is 64.3 Å². The number of rotatable bonds is 2. The van der Waals surface area contributed by atoms with Gasteiger partial charge in [-0.3, -0.25) is 4.99 Å². The Bertz CT molecular complexity index is 943. The number of hydrogen-bond donors (Lipinski definition) is 1. The topological polar surface area (TPSA) is 58.6 Å². The summed E-state index contributed by atoms with van der Waals surface area (Å²) in [6.07, 6.45) is 3.52. The largest absolute Gasteiger partial charge is 0.479 e. The zero-order valence-electron chi connectivity index (χ0n) is 11.9. The smallest absolute Gasteiger partial charge is 0.310 e. The van der Waals surface area contributed by atoms with Crippen LogP contribution in [0.2, 0.25) is 0 Å². The molecule has 2 aromatic carbocycles. The number of aromatic hydroxyl groups is 1. The molecule has 3 aromatic rings. The summed E-state index contributed by atoms with van der Waals surface area (Å²) in [5.74, 6) is 0.183. The van der Waals surface area contributed by atoms with E-state index in [4.69, 9.17) is 4.42 Å². The molecular weight excluding hydrogens is 356 g/mol. The third-order valence-corrected chi connectivity index (χ3v) is 4.23. The number of allylic oxidation sites excluding steroid dienone is 1. The van der Waals surface area contributed by atoms with E-state index in [1.807, 2.05) is 48.5 Å². The van der Waals surface area contributed by atoms with Crippen LogP contribution in [0.5, 0.6) is 5.95 Å². The molecule has 0 amide bonds. The number of halogens is 1. The van der Waals surface area contributed by atoms with Gasteiger partial charge in [-0.2, -0.15) is 0 Å². The van der Waals surface area contributed by atoms with Crippen molar-refractivity contribution in [1.82, 2.24) is 4.98 Å². The van der Waals surface area contributed by atoms with E-state index < -0.39 is 0 Å². The molecule has 1 aliphatic heterocycles. The maximum atomic E-state index is 10.0. The van der Waals surface area contributed by atoms with Gasteiger partial charge < -0.3 is 9.52 Å². The molecule has 0 spiro atoms. The summed E-state index contributed by atoms with van der Waals surface area (Å²) in [6, 6.07) is 15.3. The Morgan fingerprint density at radius 3 is 2.70 bits per heavy atom. The number of hydrogen-bond acceptors (Lipinski definition) is 4. The van der Waals surface area contributed by atoms with E-state index in [1.165, 1.54) is 0 Å². The van der Waals surface area contributed by atoms with Crippen molar-refractivity contribution < 1.29 is 9.52 Å². The van der Waals surface area contributed by atoms with Crippen molar-refractivity contribution in [2.24, 2.45) is 4.99 Å². The molecule has 0 saturated carbocycles. The van der Waals surface area contributed by atoms with Crippen molar-refractivity contribution in [3.8, 4) is 17.4 Å². The minimum absolute atomic E-state index is 0.203. The van der Waals surface area contributed by atoms with Crippen LogP contribution in [0.4, 0.5) is 5.69 Å². The van der Waals surface area contributed by atoms with Gasteiger partial charge in [-0.25, -0.2) is 4.98 Å². The van der Waals surface area contributed by atoms with E-state index in [1.54, 1.807) is 12.3 Å². The van der Waals surface area contributed by atoms with Gasteiger partial charge in [0.05, 0.1) is 5.69 Å². The quantitative estimate of drug-likeness (QED) is 0.688. The van der Waals surface area contributed by atoms with Crippen LogP contribution in [-0.4, -0.2) is 16.3 Å². The second kappa shape index (κ2) is 5.52. The summed E-state index contributed by atoms with van der Waals surface area (Å²) < 4.78 is 6.32. The minimum atomic E-state index is -0.203. The Labute approximate surface area is 141 Å². The minimum Gasteiger partial charge on any atom is -0.479 e. The molecule has 0 saturated heterocycles. The first-order chi connectivity index (χ1) is 11.2. The number of aliphatic imine (C=N–C) groups is 1. The van der Waals surface area contributed by atoms with Gasteiger partial charge in [0.15, 0.2) is 0 Å². The molecule has 0 atom stereocenters. The van der Waals surface area contributed by atoms with Crippen LogP contribution in [0.3, 0.4) is 0 Å². The first-order valence-electron chi connectivity index (χ1n) is 7.02. The fourth-order valence-corrected chi connectivity index (χ4v) is 3.07. The SMILES string of the molecule is Oc1oc(-c2ccccc2)nc1C=C1C=Nc2cccc(Br)c21. The van der Waals surface area contributed by atoms with Crippen LogP contribution in [0.15, 0.2) is 62.4 Å². The second-order valence-corrected chi connectivity index (χ2v) is 5.92. The van der Waals surface area contributed by atoms with Crippen LogP contribution in [0.1, 0.15) is 11.3 Å². The lowest BCUT2D eigenvalue weighted by molar-refractivity contribution is 0.336. The Morgan fingerprint density at radius 2 is 1.87 bits per heavy atom. The fourth-order valence-electron chi connectivity index (χ4n) is 2.49. The van der Waals surface area contributed by atoms with Gasteiger partial charge in [0.1, 0.15) is 5.69 Å². The summed E-state index contributed by atoms with van der Waals surface area (Å²) in [4.78, 5) is 8.75. The predicted octanol–water partition coefficient (Wildman–Crippen LogP) is 5.07. The van der Waals surface area contributed by atoms with Gasteiger partial charge in [-0.05, 0) is 30.3 Å². The number of benzene rings is 2. The van der Waals surface area contributed by atoms with Gasteiger partial charge >= 0.3 is 5.95 Å². The number of aromatic nitrogens is 1. The highest BCUT2D eigenvalue weighted by Gasteiger charge is 2.18. The van der Waals surface area contributed by atoms with E-state index >= 15 is 0 Å². The zero-order chi connectivity index (χ0) is 15.8. The molecule has 2 heterocycles. The van der Waals surface area contributed by atoms with E-state index in [-0.39, 0.29) is 5.95 Å². The summed E-state index contributed by atoms with van der Waals surface area (Å²) in [6.45, 7) is 0. The maximum absolute atomic E-state index is 10.0. The normalized spacial score (nSPS) is 14.4. The van der Waals surface area contributed by atoms with Crippen LogP contribution >= 0.6 is 15.9 Å². The lowest BCUT2D eigenvalue weighted by atomic mass is 10.1. The molecule has 1 aliphatic rings. The Balaban J connectivity index is 1.77. The second-order valence-electron chi connectivity index (χ2n) is 5.07. The Hall–Kier alpha value is -2.66. The predicted molar refractivity (Wildman–Crippen MR) is 93.8 cm³/mol. The van der Waals surface area contributed by atoms with E-state index in [9.17, 15) is 5.11 Å². The molecule has 0 aliphatic carbocycles. The average molecular weight is 367 g/mol. The lowest BCUT2D eigenvalue weighted by Crippen LogP contribution is -1.84. The van der Waals surface area contributed by atoms with Crippen LogP contribution < -0.4 is 0 Å². The Kier molecular flexibility index (Phi) is 3.35. The van der Waals surface area contributed by atoms with Gasteiger partial charge in [-0.15, -0.1) is 0 Å². The van der Waals surface area contributed by atoms with Gasteiger partial charge in [-0.1, -0.05) is 40.2 Å². The molecule has 1 N–H and O–H groups in total. The fraction of sp³-hybridized carbons (Fsp3) is 0. The first kappa shape index (κ1) is 14.0. The summed E-state index contributed by atoms with van der Waals surface area (Å²) >= 11 is 3.53. The molecule has 23 heavy (non-hydrogen) atoms. The highest BCUT2D eigenvalue weighted by Crippen LogP contribution is 2.39. The van der Waals surface area contributed by atoms with E-state index in [0.717, 1.165) is 26.9 Å². The van der Waals surface area contributed by atoms with Crippen molar-refractivity contribution in [2.75, 3.05) is 0 Å². The lowest BCUT2D eigenvalue weighted by Gasteiger charge is -2.01. The van der Waals surface area contributed by atoms with E-state index in [2.05, 4.69) is 25.9 Å². The van der Waals surface area contributed by atoms with Gasteiger partial charge in [0.2, 0.25) is 5.89 Å². The third-order valence-electron chi connectivity index (χ3n) is 3.57. The molecule has 0 radical (unpaired) electrons. The monoisotopic (exact) mass is 366 g/mol. The van der Waals surface area contributed by atoms with Crippen LogP contribution in [0.25, 0.3) is 23.1 Å². The van der Waals surface area contributed by atoms with Crippen molar-refractivity contribution >= 4 is 39.5 Å². The van der Waals surface area contributed by atoms with Crippen molar-refractivity contribution in [3.63, 3.8) is 0 Å². The molecular formula is C18H11BrN2O2. The van der Waals surface area contributed by atoms with Crippen molar-refractivity contribution in [1.29, 1.82) is 0 Å². The van der Waals surface area contributed by atoms with Gasteiger partial charge in [0.25, 0.3) is 0 Å². The molecule has 5 heteroatoms. The van der Waals surface area contributed by atoms with Gasteiger partial charge in [0, 0.05) is 27.4 Å². The molecule has 112 valence electrons. The number of fused-ring (bicyclic) bond motifs is 1. The van der Waals surface area contributed by atoms with Crippen LogP contribution in [-0.2, 0) is 0 Å². The van der Waals surface area contributed by atoms with E-state index in [0.29, 0.717) is 11.6 Å². The number of oxazole rings is 1. The molecule has 1 aromatic heterocycles. The molecule has 0 bridgehead atoms. The summed E-state index contributed by atoms with van der Waals surface area (Å²) in [5, 5.41) is 10.0. The van der Waals surface area contributed by atoms with Crippen LogP contribution in [0, 0.1) is 0 Å². The molecule has 4 rings (SSSR count).